The summed E-state index contributed by atoms with van der Waals surface area (Å²) in [7, 11) is -1.36. The number of hydrogen-bond acceptors (Lipinski definition) is 1. The van der Waals surface area contributed by atoms with Crippen LogP contribution in [0.1, 0.15) is 36.0 Å². The first kappa shape index (κ1) is 14.7. The summed E-state index contributed by atoms with van der Waals surface area (Å²) in [6.45, 7) is 10.9. The molecule has 0 aliphatic rings. The lowest BCUT2D eigenvalue weighted by Gasteiger charge is -2.12. The quantitative estimate of drug-likeness (QED) is 0.456. The van der Waals surface area contributed by atoms with E-state index < -0.39 is 8.07 Å². The van der Waals surface area contributed by atoms with Gasteiger partial charge in [-0.05, 0) is 30.0 Å². The number of rotatable bonds is 3. The van der Waals surface area contributed by atoms with Gasteiger partial charge in [-0.2, -0.15) is 0 Å². The molecule has 1 atom stereocenters. The molecular formula is C16H22OSi. The van der Waals surface area contributed by atoms with E-state index in [-0.39, 0.29) is 5.92 Å². The fourth-order valence-corrected chi connectivity index (χ4v) is 2.24. The SMILES string of the molecule is Cc1ccc([C@@H](C)CC=O)c(C#C[Si](C)(C)C)c1. The van der Waals surface area contributed by atoms with Crippen LogP contribution in [-0.4, -0.2) is 14.4 Å². The maximum Gasteiger partial charge on any atom is 0.129 e. The van der Waals surface area contributed by atoms with E-state index in [0.29, 0.717) is 6.42 Å². The molecule has 0 aliphatic carbocycles. The highest BCUT2D eigenvalue weighted by Gasteiger charge is 2.11. The molecule has 0 amide bonds. The molecule has 1 aromatic carbocycles. The van der Waals surface area contributed by atoms with Crippen LogP contribution >= 0.6 is 0 Å². The van der Waals surface area contributed by atoms with Gasteiger partial charge < -0.3 is 4.79 Å². The molecule has 0 saturated carbocycles. The van der Waals surface area contributed by atoms with Crippen LogP contribution in [-0.2, 0) is 4.79 Å². The Bertz CT molecular complexity index is 486. The van der Waals surface area contributed by atoms with Gasteiger partial charge in [0.1, 0.15) is 14.4 Å². The summed E-state index contributed by atoms with van der Waals surface area (Å²) < 4.78 is 0. The van der Waals surface area contributed by atoms with E-state index in [9.17, 15) is 4.79 Å². The molecule has 0 heterocycles. The molecular weight excluding hydrogens is 236 g/mol. The van der Waals surface area contributed by atoms with Gasteiger partial charge in [0.25, 0.3) is 0 Å². The number of benzene rings is 1. The second kappa shape index (κ2) is 6.02. The Morgan fingerprint density at radius 3 is 2.56 bits per heavy atom. The highest BCUT2D eigenvalue weighted by atomic mass is 28.3. The lowest BCUT2D eigenvalue weighted by atomic mass is 9.93. The summed E-state index contributed by atoms with van der Waals surface area (Å²) in [5.41, 5.74) is 6.91. The second-order valence-electron chi connectivity index (χ2n) is 5.89. The predicted octanol–water partition coefficient (Wildman–Crippen LogP) is 3.92. The number of carbonyl (C=O) groups is 1. The van der Waals surface area contributed by atoms with Crippen molar-refractivity contribution in [2.24, 2.45) is 0 Å². The first-order chi connectivity index (χ1) is 8.33. The zero-order valence-electron chi connectivity index (χ0n) is 12.0. The van der Waals surface area contributed by atoms with Crippen LogP contribution in [0.4, 0.5) is 0 Å². The summed E-state index contributed by atoms with van der Waals surface area (Å²) >= 11 is 0. The molecule has 1 nitrogen and oxygen atoms in total. The first-order valence-corrected chi connectivity index (χ1v) is 9.91. The molecule has 2 heteroatoms. The van der Waals surface area contributed by atoms with Gasteiger partial charge in [0.15, 0.2) is 0 Å². The van der Waals surface area contributed by atoms with Gasteiger partial charge in [-0.3, -0.25) is 0 Å². The van der Waals surface area contributed by atoms with Crippen molar-refractivity contribution in [1.82, 2.24) is 0 Å². The number of aryl methyl sites for hydroxylation is 1. The van der Waals surface area contributed by atoms with Crippen molar-refractivity contribution in [3.05, 3.63) is 34.9 Å². The smallest absolute Gasteiger partial charge is 0.129 e. The third-order valence-corrected chi connectivity index (χ3v) is 3.64. The maximum atomic E-state index is 10.7. The normalized spacial score (nSPS) is 12.5. The van der Waals surface area contributed by atoms with Crippen LogP contribution in [0, 0.1) is 18.4 Å². The van der Waals surface area contributed by atoms with Gasteiger partial charge in [0.05, 0.1) is 0 Å². The van der Waals surface area contributed by atoms with E-state index in [1.807, 2.05) is 0 Å². The topological polar surface area (TPSA) is 17.1 Å². The van der Waals surface area contributed by atoms with Crippen molar-refractivity contribution in [3.63, 3.8) is 0 Å². The fraction of sp³-hybridized carbons (Fsp3) is 0.438. The van der Waals surface area contributed by atoms with Crippen molar-refractivity contribution in [3.8, 4) is 11.5 Å². The minimum absolute atomic E-state index is 0.244. The summed E-state index contributed by atoms with van der Waals surface area (Å²) in [6.07, 6.45) is 1.55. The summed E-state index contributed by atoms with van der Waals surface area (Å²) in [4.78, 5) is 10.7. The summed E-state index contributed by atoms with van der Waals surface area (Å²) in [5.74, 6) is 3.57. The van der Waals surface area contributed by atoms with E-state index in [1.54, 1.807) is 0 Å². The van der Waals surface area contributed by atoms with E-state index in [4.69, 9.17) is 0 Å². The Morgan fingerprint density at radius 2 is 2.00 bits per heavy atom. The fourth-order valence-electron chi connectivity index (χ4n) is 1.73. The molecule has 0 spiro atoms. The van der Waals surface area contributed by atoms with Crippen molar-refractivity contribution in [2.75, 3.05) is 0 Å². The van der Waals surface area contributed by atoms with Gasteiger partial charge in [-0.15, -0.1) is 5.54 Å². The Balaban J connectivity index is 3.18. The van der Waals surface area contributed by atoms with Crippen LogP contribution in [0.5, 0.6) is 0 Å². The van der Waals surface area contributed by atoms with E-state index in [2.05, 4.69) is 63.2 Å². The largest absolute Gasteiger partial charge is 0.303 e. The molecule has 0 fully saturated rings. The molecule has 0 aliphatic heterocycles. The molecule has 1 aromatic rings. The predicted molar refractivity (Wildman–Crippen MR) is 80.5 cm³/mol. The first-order valence-electron chi connectivity index (χ1n) is 6.41. The van der Waals surface area contributed by atoms with Gasteiger partial charge in [0, 0.05) is 12.0 Å². The van der Waals surface area contributed by atoms with Crippen molar-refractivity contribution >= 4 is 14.4 Å². The number of carbonyl (C=O) groups excluding carboxylic acids is 1. The van der Waals surface area contributed by atoms with Gasteiger partial charge in [-0.1, -0.05) is 44.6 Å². The number of aldehydes is 1. The minimum atomic E-state index is -1.36. The van der Waals surface area contributed by atoms with E-state index in [1.165, 1.54) is 11.1 Å². The van der Waals surface area contributed by atoms with E-state index in [0.717, 1.165) is 11.8 Å². The Kier molecular flexibility index (Phi) is 4.92. The Hall–Kier alpha value is -1.33. The molecule has 0 radical (unpaired) electrons. The average molecular weight is 258 g/mol. The summed E-state index contributed by atoms with van der Waals surface area (Å²) in [5, 5.41) is 0. The van der Waals surface area contributed by atoms with Crippen molar-refractivity contribution in [1.29, 1.82) is 0 Å². The van der Waals surface area contributed by atoms with Crippen LogP contribution in [0.3, 0.4) is 0 Å². The lowest BCUT2D eigenvalue weighted by Crippen LogP contribution is -2.16. The maximum absolute atomic E-state index is 10.7. The van der Waals surface area contributed by atoms with Crippen molar-refractivity contribution < 1.29 is 4.79 Å². The van der Waals surface area contributed by atoms with Crippen LogP contribution in [0.25, 0.3) is 0 Å². The zero-order chi connectivity index (χ0) is 13.8. The molecule has 1 rings (SSSR count). The highest BCUT2D eigenvalue weighted by molar-refractivity contribution is 6.83. The number of hydrogen-bond donors (Lipinski definition) is 0. The molecule has 18 heavy (non-hydrogen) atoms. The third kappa shape index (κ3) is 4.50. The molecule has 0 aromatic heterocycles. The Morgan fingerprint density at radius 1 is 1.33 bits per heavy atom. The van der Waals surface area contributed by atoms with Crippen LogP contribution < -0.4 is 0 Å². The van der Waals surface area contributed by atoms with Crippen LogP contribution in [0.2, 0.25) is 19.6 Å². The standard InChI is InChI=1S/C16H22OSi/c1-13-6-7-16(14(2)8-10-17)15(12-13)9-11-18(3,4)5/h6-7,10,12,14H,8H2,1-5H3/t14-/m0/s1. The minimum Gasteiger partial charge on any atom is -0.303 e. The van der Waals surface area contributed by atoms with Crippen LogP contribution in [0.15, 0.2) is 18.2 Å². The Labute approximate surface area is 112 Å². The molecule has 0 N–H and O–H groups in total. The van der Waals surface area contributed by atoms with Gasteiger partial charge in [-0.25, -0.2) is 0 Å². The van der Waals surface area contributed by atoms with Gasteiger partial charge in [0.2, 0.25) is 0 Å². The zero-order valence-corrected chi connectivity index (χ0v) is 13.0. The van der Waals surface area contributed by atoms with Gasteiger partial charge >= 0.3 is 0 Å². The monoisotopic (exact) mass is 258 g/mol. The molecule has 0 unspecified atom stereocenters. The van der Waals surface area contributed by atoms with E-state index >= 15 is 0 Å². The average Bonchev–Trinajstić information content (AvgIpc) is 2.25. The molecule has 0 bridgehead atoms. The second-order valence-corrected chi connectivity index (χ2v) is 10.6. The molecule has 96 valence electrons. The summed E-state index contributed by atoms with van der Waals surface area (Å²) in [6, 6.07) is 6.33. The van der Waals surface area contributed by atoms with Crippen molar-refractivity contribution in [2.45, 2.75) is 45.8 Å². The lowest BCUT2D eigenvalue weighted by molar-refractivity contribution is -0.108. The highest BCUT2D eigenvalue weighted by Crippen LogP contribution is 2.22. The third-order valence-electron chi connectivity index (χ3n) is 2.76. The molecule has 0 saturated heterocycles.